The van der Waals surface area contributed by atoms with E-state index in [9.17, 15) is 14.4 Å². The number of ketones is 3. The van der Waals surface area contributed by atoms with Gasteiger partial charge in [0.15, 0.2) is 32.0 Å². The van der Waals surface area contributed by atoms with Gasteiger partial charge in [-0.2, -0.15) is 0 Å². The Kier molecular flexibility index (Phi) is 17.2. The summed E-state index contributed by atoms with van der Waals surface area (Å²) in [6.07, 6.45) is 9.19. The minimum atomic E-state index is -0.367. The Bertz CT molecular complexity index is 2160. The van der Waals surface area contributed by atoms with Crippen LogP contribution >= 0.6 is 35.3 Å². The number of rotatable bonds is 21. The van der Waals surface area contributed by atoms with Crippen LogP contribution in [0.3, 0.4) is 0 Å². The van der Waals surface area contributed by atoms with Crippen molar-refractivity contribution in [3.63, 3.8) is 0 Å². The second-order valence-electron chi connectivity index (χ2n) is 15.5. The van der Waals surface area contributed by atoms with E-state index >= 15 is 0 Å². The molecule has 0 spiro atoms. The summed E-state index contributed by atoms with van der Waals surface area (Å²) in [6, 6.07) is 45.7. The molecule has 0 heterocycles. The molecule has 6 aromatic rings. The Hall–Kier alpha value is -4.27. The molecular formula is C54H57O3S4+. The molecule has 0 amide bonds. The summed E-state index contributed by atoms with van der Waals surface area (Å²) in [6.45, 7) is 11.5. The van der Waals surface area contributed by atoms with Gasteiger partial charge >= 0.3 is 0 Å². The third-order valence-corrected chi connectivity index (χ3v) is 15.9. The molecule has 0 saturated carbocycles. The molecule has 61 heavy (non-hydrogen) atoms. The molecule has 0 saturated heterocycles. The Morgan fingerprint density at radius 1 is 0.377 bits per heavy atom. The molecular weight excluding hydrogens is 825 g/mol. The van der Waals surface area contributed by atoms with Crippen molar-refractivity contribution in [2.45, 2.75) is 143 Å². The van der Waals surface area contributed by atoms with Crippen LogP contribution in [0.4, 0.5) is 0 Å². The summed E-state index contributed by atoms with van der Waals surface area (Å²) in [4.78, 5) is 47.7. The van der Waals surface area contributed by atoms with Gasteiger partial charge in [0.2, 0.25) is 0 Å². The van der Waals surface area contributed by atoms with Crippen LogP contribution in [0.25, 0.3) is 0 Å². The molecule has 314 valence electrons. The highest BCUT2D eigenvalue weighted by atomic mass is 32.2. The summed E-state index contributed by atoms with van der Waals surface area (Å²) in [5.41, 5.74) is 5.89. The van der Waals surface area contributed by atoms with Crippen LogP contribution in [-0.4, -0.2) is 17.3 Å². The fraction of sp³-hybridized carbons (Fsp3) is 0.278. The summed E-state index contributed by atoms with van der Waals surface area (Å²) in [5, 5.41) is 0. The summed E-state index contributed by atoms with van der Waals surface area (Å²) in [7, 11) is -0.367. The van der Waals surface area contributed by atoms with Crippen LogP contribution < -0.4 is 0 Å². The predicted octanol–water partition coefficient (Wildman–Crippen LogP) is 15.9. The number of benzene rings is 6. The number of carbonyl (C=O) groups is 3. The highest BCUT2D eigenvalue weighted by Gasteiger charge is 2.29. The normalized spacial score (nSPS) is 11.3. The lowest BCUT2D eigenvalue weighted by Gasteiger charge is -2.12. The first-order valence-corrected chi connectivity index (χ1v) is 25.2. The Morgan fingerprint density at radius 2 is 0.623 bits per heavy atom. The average molecular weight is 882 g/mol. The van der Waals surface area contributed by atoms with Gasteiger partial charge in [0.1, 0.15) is 0 Å². The van der Waals surface area contributed by atoms with Gasteiger partial charge < -0.3 is 0 Å². The maximum atomic E-state index is 12.4. The molecule has 0 aliphatic carbocycles. The van der Waals surface area contributed by atoms with Crippen molar-refractivity contribution in [2.75, 3.05) is 0 Å². The zero-order valence-corrected chi connectivity index (χ0v) is 39.6. The van der Waals surface area contributed by atoms with Crippen LogP contribution in [0.5, 0.6) is 0 Å². The largest absolute Gasteiger partial charge is 0.295 e. The van der Waals surface area contributed by atoms with Gasteiger partial charge in [-0.15, -0.1) is 0 Å². The van der Waals surface area contributed by atoms with Crippen molar-refractivity contribution in [1.29, 1.82) is 0 Å². The van der Waals surface area contributed by atoms with Gasteiger partial charge in [-0.05, 0) is 185 Å². The summed E-state index contributed by atoms with van der Waals surface area (Å²) >= 11 is 5.21. The van der Waals surface area contributed by atoms with Crippen molar-refractivity contribution in [3.8, 4) is 0 Å². The average Bonchev–Trinajstić information content (AvgIpc) is 3.26. The van der Waals surface area contributed by atoms with E-state index < -0.39 is 0 Å². The third-order valence-electron chi connectivity index (χ3n) is 10.7. The number of carbonyl (C=O) groups excluding carboxylic acids is 3. The van der Waals surface area contributed by atoms with Gasteiger partial charge in [-0.25, -0.2) is 0 Å². The zero-order valence-electron chi connectivity index (χ0n) is 36.3. The van der Waals surface area contributed by atoms with E-state index in [0.717, 1.165) is 121 Å². The first-order chi connectivity index (χ1) is 29.6. The van der Waals surface area contributed by atoms with E-state index in [1.165, 1.54) is 14.7 Å². The zero-order chi connectivity index (χ0) is 43.3. The Balaban J connectivity index is 1.28. The molecule has 0 atom stereocenters. The quantitative estimate of drug-likeness (QED) is 0.0530. The van der Waals surface area contributed by atoms with Crippen molar-refractivity contribution < 1.29 is 14.4 Å². The smallest absolute Gasteiger partial charge is 0.166 e. The standard InChI is InChI=1S/C54H57O3S4/c1-7-10-13-40-34-46(22-31-52(40)37(4)55)58-43-16-25-49(26-17-43)61(50-27-18-44(19-28-50)59-47-23-32-53(38(5)56)41(35-47)14-11-8-2)51-29-20-45(21-30-51)60-48-24-33-54(39(6)57)42(36-48)15-12-9-3/h16-36H,7-15H2,1-6H3/q+1. The van der Waals surface area contributed by atoms with Gasteiger partial charge in [0.05, 0.1) is 10.9 Å². The van der Waals surface area contributed by atoms with E-state index in [1.807, 2.05) is 18.2 Å². The van der Waals surface area contributed by atoms with E-state index in [-0.39, 0.29) is 28.2 Å². The van der Waals surface area contributed by atoms with Crippen LogP contribution in [0.1, 0.15) is 128 Å². The first-order valence-electron chi connectivity index (χ1n) is 21.6. The molecule has 0 aliphatic heterocycles. The Morgan fingerprint density at radius 3 is 0.852 bits per heavy atom. The second-order valence-corrected chi connectivity index (χ2v) is 20.9. The highest BCUT2D eigenvalue weighted by Crippen LogP contribution is 2.38. The molecule has 3 nitrogen and oxygen atoms in total. The fourth-order valence-electron chi connectivity index (χ4n) is 7.40. The molecule has 6 aromatic carbocycles. The van der Waals surface area contributed by atoms with Crippen LogP contribution in [-0.2, 0) is 30.2 Å². The molecule has 7 heteroatoms. The van der Waals surface area contributed by atoms with Crippen LogP contribution in [0.2, 0.25) is 0 Å². The molecule has 0 aliphatic rings. The molecule has 0 radical (unpaired) electrons. The topological polar surface area (TPSA) is 51.2 Å². The summed E-state index contributed by atoms with van der Waals surface area (Å²) in [5.74, 6) is 0.367. The predicted molar refractivity (Wildman–Crippen MR) is 259 cm³/mol. The lowest BCUT2D eigenvalue weighted by atomic mass is 10.00. The molecule has 0 fully saturated rings. The van der Waals surface area contributed by atoms with Gasteiger partial charge in [0, 0.05) is 46.1 Å². The van der Waals surface area contributed by atoms with Crippen molar-refractivity contribution >= 4 is 63.5 Å². The van der Waals surface area contributed by atoms with E-state index in [1.54, 1.807) is 56.1 Å². The van der Waals surface area contributed by atoms with E-state index in [4.69, 9.17) is 0 Å². The minimum Gasteiger partial charge on any atom is -0.295 e. The summed E-state index contributed by atoms with van der Waals surface area (Å²) < 4.78 is 0. The lowest BCUT2D eigenvalue weighted by Crippen LogP contribution is -2.05. The highest BCUT2D eigenvalue weighted by molar-refractivity contribution is 8.00. The number of hydrogen-bond acceptors (Lipinski definition) is 6. The molecule has 0 bridgehead atoms. The van der Waals surface area contributed by atoms with Crippen LogP contribution in [0.15, 0.2) is 171 Å². The van der Waals surface area contributed by atoms with Crippen LogP contribution in [0, 0.1) is 0 Å². The third kappa shape index (κ3) is 12.7. The molecule has 0 N–H and O–H groups in total. The maximum absolute atomic E-state index is 12.4. The maximum Gasteiger partial charge on any atom is 0.166 e. The first kappa shape index (κ1) is 46.2. The molecule has 0 unspecified atom stereocenters. The number of hydrogen-bond donors (Lipinski definition) is 0. The fourth-order valence-corrected chi connectivity index (χ4v) is 12.1. The van der Waals surface area contributed by atoms with E-state index in [0.29, 0.717) is 0 Å². The van der Waals surface area contributed by atoms with Crippen molar-refractivity contribution in [1.82, 2.24) is 0 Å². The molecule has 0 aromatic heterocycles. The van der Waals surface area contributed by atoms with E-state index in [2.05, 4.69) is 130 Å². The molecule has 6 rings (SSSR count). The van der Waals surface area contributed by atoms with Gasteiger partial charge in [-0.3, -0.25) is 14.4 Å². The second kappa shape index (κ2) is 22.7. The SMILES string of the molecule is CCCCc1cc(Sc2ccc([S+](c3ccc(Sc4ccc(C(C)=O)c(CCCC)c4)cc3)c3ccc(Sc4ccc(C(C)=O)c(CCCC)c4)cc3)cc2)ccc1C(C)=O. The van der Waals surface area contributed by atoms with Crippen molar-refractivity contribution in [2.24, 2.45) is 0 Å². The van der Waals surface area contributed by atoms with Gasteiger partial charge in [0.25, 0.3) is 0 Å². The lowest BCUT2D eigenvalue weighted by molar-refractivity contribution is 0.100. The number of unbranched alkanes of at least 4 members (excludes halogenated alkanes) is 3. The monoisotopic (exact) mass is 881 g/mol. The number of aryl methyl sites for hydroxylation is 3. The Labute approximate surface area is 379 Å². The minimum absolute atomic E-state index is 0.122. The number of Topliss-reactive ketones (excluding diaryl/α,β-unsaturated/α-hetero) is 3. The van der Waals surface area contributed by atoms with Crippen molar-refractivity contribution in [3.05, 3.63) is 161 Å². The van der Waals surface area contributed by atoms with Gasteiger partial charge in [-0.1, -0.05) is 93.5 Å².